The number of nitrogens with zero attached hydrogens (tertiary/aromatic N) is 1. The van der Waals surface area contributed by atoms with Crippen molar-refractivity contribution in [2.75, 3.05) is 6.61 Å². The van der Waals surface area contributed by atoms with Gasteiger partial charge in [-0.2, -0.15) is 0 Å². The molecular formula is C15H21N3O. The monoisotopic (exact) mass is 259 g/mol. The van der Waals surface area contributed by atoms with Gasteiger partial charge >= 0.3 is 0 Å². The van der Waals surface area contributed by atoms with E-state index >= 15 is 0 Å². The van der Waals surface area contributed by atoms with Crippen LogP contribution in [-0.4, -0.2) is 16.6 Å². The summed E-state index contributed by atoms with van der Waals surface area (Å²) in [5.74, 6) is 1.87. The van der Waals surface area contributed by atoms with E-state index in [-0.39, 0.29) is 0 Å². The average Bonchev–Trinajstić information content (AvgIpc) is 2.83. The standard InChI is InChI=1S/C15H21N3O/c1-4-19-15-7-5-13(6-8-15)11(2)16-9-14-10-17-12(3)18-14/h5-8,10-11,16H,4,9H2,1-3H3,(H,17,18). The number of H-pyrrole nitrogens is 1. The molecule has 0 aliphatic carbocycles. The molecule has 0 fully saturated rings. The number of aromatic nitrogens is 2. The van der Waals surface area contributed by atoms with Gasteiger partial charge in [-0.15, -0.1) is 0 Å². The van der Waals surface area contributed by atoms with Crippen molar-refractivity contribution in [3.63, 3.8) is 0 Å². The molecule has 2 rings (SSSR count). The van der Waals surface area contributed by atoms with Crippen LogP contribution in [0.15, 0.2) is 30.5 Å². The molecule has 2 aromatic rings. The summed E-state index contributed by atoms with van der Waals surface area (Å²) in [5.41, 5.74) is 2.36. The molecule has 0 saturated carbocycles. The highest BCUT2D eigenvalue weighted by Gasteiger charge is 2.06. The number of rotatable bonds is 6. The molecule has 102 valence electrons. The van der Waals surface area contributed by atoms with Crippen LogP contribution in [0.4, 0.5) is 0 Å². The lowest BCUT2D eigenvalue weighted by molar-refractivity contribution is 0.340. The molecule has 0 spiro atoms. The maximum atomic E-state index is 5.44. The van der Waals surface area contributed by atoms with Crippen LogP contribution in [0, 0.1) is 6.92 Å². The summed E-state index contributed by atoms with van der Waals surface area (Å²) >= 11 is 0. The summed E-state index contributed by atoms with van der Waals surface area (Å²) in [5, 5.41) is 3.47. The molecular weight excluding hydrogens is 238 g/mol. The van der Waals surface area contributed by atoms with Crippen LogP contribution in [0.25, 0.3) is 0 Å². The molecule has 2 N–H and O–H groups in total. The van der Waals surface area contributed by atoms with Crippen LogP contribution in [0.3, 0.4) is 0 Å². The smallest absolute Gasteiger partial charge is 0.119 e. The van der Waals surface area contributed by atoms with E-state index in [1.807, 2.05) is 32.2 Å². The van der Waals surface area contributed by atoms with Gasteiger partial charge in [-0.1, -0.05) is 12.1 Å². The summed E-state index contributed by atoms with van der Waals surface area (Å²) in [6, 6.07) is 8.51. The Bertz CT molecular complexity index is 504. The predicted molar refractivity (Wildman–Crippen MR) is 76.2 cm³/mol. The van der Waals surface area contributed by atoms with Crippen LogP contribution in [-0.2, 0) is 6.54 Å². The van der Waals surface area contributed by atoms with Gasteiger partial charge in [-0.3, -0.25) is 0 Å². The molecule has 19 heavy (non-hydrogen) atoms. The van der Waals surface area contributed by atoms with Crippen LogP contribution >= 0.6 is 0 Å². The normalized spacial score (nSPS) is 12.4. The first-order chi connectivity index (χ1) is 9.19. The molecule has 0 saturated heterocycles. The molecule has 4 nitrogen and oxygen atoms in total. The summed E-state index contributed by atoms with van der Waals surface area (Å²) in [4.78, 5) is 7.40. The molecule has 0 radical (unpaired) electrons. The van der Waals surface area contributed by atoms with Gasteiger partial charge in [0.05, 0.1) is 6.61 Å². The molecule has 1 unspecified atom stereocenters. The van der Waals surface area contributed by atoms with Crippen molar-refractivity contribution in [3.05, 3.63) is 47.5 Å². The fourth-order valence-corrected chi connectivity index (χ4v) is 1.96. The van der Waals surface area contributed by atoms with Crippen LogP contribution in [0.5, 0.6) is 5.75 Å². The fourth-order valence-electron chi connectivity index (χ4n) is 1.96. The second-order valence-corrected chi connectivity index (χ2v) is 4.60. The third kappa shape index (κ3) is 3.83. The SMILES string of the molecule is CCOc1ccc(C(C)NCc2cnc(C)[nH]2)cc1. The van der Waals surface area contributed by atoms with E-state index in [2.05, 4.69) is 34.3 Å². The van der Waals surface area contributed by atoms with E-state index in [4.69, 9.17) is 4.74 Å². The van der Waals surface area contributed by atoms with Gasteiger partial charge < -0.3 is 15.0 Å². The molecule has 0 aliphatic rings. The largest absolute Gasteiger partial charge is 0.494 e. The Labute approximate surface area is 114 Å². The topological polar surface area (TPSA) is 49.9 Å². The van der Waals surface area contributed by atoms with Crippen molar-refractivity contribution in [2.24, 2.45) is 0 Å². The Morgan fingerprint density at radius 1 is 1.32 bits per heavy atom. The Balaban J connectivity index is 1.90. The minimum Gasteiger partial charge on any atom is -0.494 e. The number of ether oxygens (including phenoxy) is 1. The second kappa shape index (κ2) is 6.38. The van der Waals surface area contributed by atoms with Gasteiger partial charge in [0.1, 0.15) is 11.6 Å². The minimum atomic E-state index is 0.291. The molecule has 1 aromatic carbocycles. The van der Waals surface area contributed by atoms with Crippen LogP contribution in [0.2, 0.25) is 0 Å². The third-order valence-corrected chi connectivity index (χ3v) is 3.05. The van der Waals surface area contributed by atoms with Crippen molar-refractivity contribution in [2.45, 2.75) is 33.4 Å². The Morgan fingerprint density at radius 2 is 2.05 bits per heavy atom. The molecule has 1 aromatic heterocycles. The quantitative estimate of drug-likeness (QED) is 0.838. The first kappa shape index (κ1) is 13.6. The van der Waals surface area contributed by atoms with Gasteiger partial charge in [0, 0.05) is 24.5 Å². The zero-order chi connectivity index (χ0) is 13.7. The lowest BCUT2D eigenvalue weighted by Gasteiger charge is -2.14. The van der Waals surface area contributed by atoms with Crippen molar-refractivity contribution < 1.29 is 4.74 Å². The van der Waals surface area contributed by atoms with E-state index in [1.165, 1.54) is 5.56 Å². The molecule has 1 heterocycles. The third-order valence-electron chi connectivity index (χ3n) is 3.05. The molecule has 0 bridgehead atoms. The number of nitrogens with one attached hydrogen (secondary N) is 2. The number of aryl methyl sites for hydroxylation is 1. The van der Waals surface area contributed by atoms with Crippen molar-refractivity contribution >= 4 is 0 Å². The van der Waals surface area contributed by atoms with Crippen molar-refractivity contribution in [1.82, 2.24) is 15.3 Å². The molecule has 4 heteroatoms. The summed E-state index contributed by atoms with van der Waals surface area (Å²) in [7, 11) is 0. The Hall–Kier alpha value is -1.81. The van der Waals surface area contributed by atoms with Crippen LogP contribution in [0.1, 0.15) is 37.0 Å². The highest BCUT2D eigenvalue weighted by Crippen LogP contribution is 2.17. The van der Waals surface area contributed by atoms with Gasteiger partial charge in [0.15, 0.2) is 0 Å². The number of hydrogen-bond acceptors (Lipinski definition) is 3. The van der Waals surface area contributed by atoms with Gasteiger partial charge in [-0.25, -0.2) is 4.98 Å². The first-order valence-electron chi connectivity index (χ1n) is 6.65. The molecule has 0 amide bonds. The molecule has 0 aliphatic heterocycles. The van der Waals surface area contributed by atoms with Gasteiger partial charge in [0.2, 0.25) is 0 Å². The Kier molecular flexibility index (Phi) is 4.58. The maximum Gasteiger partial charge on any atom is 0.119 e. The summed E-state index contributed by atoms with van der Waals surface area (Å²) in [6.45, 7) is 7.59. The lowest BCUT2D eigenvalue weighted by Crippen LogP contribution is -2.18. The fraction of sp³-hybridized carbons (Fsp3) is 0.400. The van der Waals surface area contributed by atoms with E-state index in [9.17, 15) is 0 Å². The zero-order valence-corrected chi connectivity index (χ0v) is 11.7. The number of imidazole rings is 1. The highest BCUT2D eigenvalue weighted by atomic mass is 16.5. The van der Waals surface area contributed by atoms with E-state index < -0.39 is 0 Å². The van der Waals surface area contributed by atoms with Crippen molar-refractivity contribution in [1.29, 1.82) is 0 Å². The van der Waals surface area contributed by atoms with E-state index in [1.54, 1.807) is 0 Å². The number of hydrogen-bond donors (Lipinski definition) is 2. The average molecular weight is 259 g/mol. The van der Waals surface area contributed by atoms with Gasteiger partial charge in [-0.05, 0) is 38.5 Å². The second-order valence-electron chi connectivity index (χ2n) is 4.60. The summed E-state index contributed by atoms with van der Waals surface area (Å²) in [6.07, 6.45) is 1.87. The predicted octanol–water partition coefficient (Wildman–Crippen LogP) is 2.97. The first-order valence-corrected chi connectivity index (χ1v) is 6.65. The van der Waals surface area contributed by atoms with Gasteiger partial charge in [0.25, 0.3) is 0 Å². The number of aromatic amines is 1. The minimum absolute atomic E-state index is 0.291. The van der Waals surface area contributed by atoms with Crippen LogP contribution < -0.4 is 10.1 Å². The summed E-state index contributed by atoms with van der Waals surface area (Å²) < 4.78 is 5.44. The number of benzene rings is 1. The maximum absolute atomic E-state index is 5.44. The van der Waals surface area contributed by atoms with E-state index in [0.717, 1.165) is 23.8 Å². The molecule has 1 atom stereocenters. The lowest BCUT2D eigenvalue weighted by atomic mass is 10.1. The Morgan fingerprint density at radius 3 is 2.63 bits per heavy atom. The highest BCUT2D eigenvalue weighted by molar-refractivity contribution is 5.28. The van der Waals surface area contributed by atoms with Crippen molar-refractivity contribution in [3.8, 4) is 5.75 Å². The van der Waals surface area contributed by atoms with E-state index in [0.29, 0.717) is 12.6 Å². The zero-order valence-electron chi connectivity index (χ0n) is 11.7.